The lowest BCUT2D eigenvalue weighted by atomic mass is 10.8. The van der Waals surface area contributed by atoms with Crippen molar-refractivity contribution in [3.05, 3.63) is 0 Å². The maximum absolute atomic E-state index is 8.15. The summed E-state index contributed by atoms with van der Waals surface area (Å²) >= 11 is 0. The average Bonchev–Trinajstić information content (AvgIpc) is 2.65. The fraction of sp³-hybridized carbons (Fsp3) is 0.167. The molecule has 5 nitrogen and oxygen atoms in total. The van der Waals surface area contributed by atoms with Crippen molar-refractivity contribution in [2.24, 2.45) is 15.0 Å². The highest BCUT2D eigenvalue weighted by Crippen LogP contribution is 2.08. The first kappa shape index (κ1) is 7.10. The van der Waals surface area contributed by atoms with E-state index < -0.39 is 0 Å². The van der Waals surface area contributed by atoms with Crippen LogP contribution in [0, 0.1) is 22.9 Å². The van der Waals surface area contributed by atoms with E-state index in [9.17, 15) is 0 Å². The number of nitrogens with zero attached hydrogens (tertiary/aromatic N) is 5. The number of aliphatic imine (C=N–C) groups is 3. The number of hydrogen-bond donors (Lipinski definition) is 0. The second-order valence-corrected chi connectivity index (χ2v) is 1.69. The number of rotatable bonds is 0. The maximum Gasteiger partial charge on any atom is 0.206 e. The Kier molecular flexibility index (Phi) is 1.75. The van der Waals surface area contributed by atoms with Crippen molar-refractivity contribution in [3.8, 4) is 12.4 Å². The van der Waals surface area contributed by atoms with Gasteiger partial charge < -0.3 is 0 Å². The van der Waals surface area contributed by atoms with Crippen molar-refractivity contribution in [2.45, 2.75) is 0 Å². The molecule has 0 aromatic heterocycles. The van der Waals surface area contributed by atoms with E-state index in [1.54, 1.807) is 19.4 Å². The fourth-order valence-electron chi connectivity index (χ4n) is 0.682. The summed E-state index contributed by atoms with van der Waals surface area (Å²) in [5.74, 6) is 0. The van der Waals surface area contributed by atoms with Gasteiger partial charge in [0.1, 0.15) is 17.1 Å². The minimum atomic E-state index is 0.427. The molecule has 0 bridgehead atoms. The average molecular weight is 145 g/mol. The molecule has 1 saturated carbocycles. The largest absolute Gasteiger partial charge is 0.284 e. The van der Waals surface area contributed by atoms with Crippen LogP contribution in [0.2, 0.25) is 0 Å². The molecule has 0 unspecified atom stereocenters. The molecule has 1 aliphatic carbocycles. The summed E-state index contributed by atoms with van der Waals surface area (Å²) in [7, 11) is 1.56. The zero-order valence-corrected chi connectivity index (χ0v) is 5.74. The third kappa shape index (κ3) is 1.12. The maximum atomic E-state index is 8.15. The minimum absolute atomic E-state index is 0.427. The Labute approximate surface area is 63.0 Å². The zero-order chi connectivity index (χ0) is 8.27. The Morgan fingerprint density at radius 1 is 1.00 bits per heavy atom. The highest BCUT2D eigenvalue weighted by atomic mass is 14.9. The summed E-state index contributed by atoms with van der Waals surface area (Å²) in [6.07, 6.45) is 3.20. The molecule has 0 spiro atoms. The van der Waals surface area contributed by atoms with Gasteiger partial charge in [0.05, 0.1) is 0 Å². The third-order valence-corrected chi connectivity index (χ3v) is 1.16. The molecule has 0 aromatic rings. The molecular formula is C6H3N5. The van der Waals surface area contributed by atoms with Crippen LogP contribution in [0.4, 0.5) is 0 Å². The van der Waals surface area contributed by atoms with Crippen molar-refractivity contribution in [2.75, 3.05) is 7.05 Å². The summed E-state index contributed by atoms with van der Waals surface area (Å²) in [5, 5.41) is 16.3. The van der Waals surface area contributed by atoms with Gasteiger partial charge in [-0.05, 0) is 0 Å². The van der Waals surface area contributed by atoms with E-state index >= 15 is 0 Å². The van der Waals surface area contributed by atoms with Gasteiger partial charge in [0.15, 0.2) is 0 Å². The fourth-order valence-corrected chi connectivity index (χ4v) is 0.682. The lowest BCUT2D eigenvalue weighted by molar-refractivity contribution is 1.44. The van der Waals surface area contributed by atoms with Crippen molar-refractivity contribution >= 4 is 17.1 Å². The summed E-state index contributed by atoms with van der Waals surface area (Å²) in [5.41, 5.74) is 1.40. The van der Waals surface area contributed by atoms with Crippen LogP contribution in [0.15, 0.2) is 15.0 Å². The van der Waals surface area contributed by atoms with Crippen LogP contribution in [0.1, 0.15) is 0 Å². The molecule has 0 amide bonds. The Morgan fingerprint density at radius 3 is 1.73 bits per heavy atom. The molecule has 0 N–H and O–H groups in total. The van der Waals surface area contributed by atoms with Gasteiger partial charge in [-0.3, -0.25) is 4.99 Å². The van der Waals surface area contributed by atoms with Gasteiger partial charge in [-0.2, -0.15) is 20.5 Å². The molecule has 0 radical (unpaired) electrons. The standard InChI is InChI=1S/C6H3N5/c1-9-4-5(10-2-7)6(4)11-3-8/h1H3/b9-4-,10-5+,11-6?. The number of nitriles is 2. The molecule has 5 heteroatoms. The lowest BCUT2D eigenvalue weighted by Gasteiger charge is -1.58. The predicted octanol–water partition coefficient (Wildman–Crippen LogP) is -0.0850. The van der Waals surface area contributed by atoms with Gasteiger partial charge in [-0.25, -0.2) is 0 Å². The highest BCUT2D eigenvalue weighted by Gasteiger charge is 2.37. The summed E-state index contributed by atoms with van der Waals surface area (Å²) in [6, 6.07) is 0. The monoisotopic (exact) mass is 145 g/mol. The normalized spacial score (nSPS) is 25.2. The van der Waals surface area contributed by atoms with Crippen LogP contribution >= 0.6 is 0 Å². The molecule has 52 valence electrons. The lowest BCUT2D eigenvalue weighted by Crippen LogP contribution is -1.69. The molecule has 1 rings (SSSR count). The smallest absolute Gasteiger partial charge is 0.206 e. The van der Waals surface area contributed by atoms with E-state index in [-0.39, 0.29) is 0 Å². The molecule has 1 aliphatic rings. The summed E-state index contributed by atoms with van der Waals surface area (Å²) < 4.78 is 0. The third-order valence-electron chi connectivity index (χ3n) is 1.16. The van der Waals surface area contributed by atoms with E-state index in [0.29, 0.717) is 17.1 Å². The molecule has 0 saturated heterocycles. The molecule has 0 heterocycles. The topological polar surface area (TPSA) is 84.7 Å². The quantitative estimate of drug-likeness (QED) is 0.446. The second kappa shape index (κ2) is 2.72. The molecule has 0 aliphatic heterocycles. The van der Waals surface area contributed by atoms with Crippen LogP contribution in [-0.2, 0) is 0 Å². The zero-order valence-electron chi connectivity index (χ0n) is 5.74. The summed E-state index contributed by atoms with van der Waals surface area (Å²) in [6.45, 7) is 0. The molecule has 1 fully saturated rings. The Bertz CT molecular complexity index is 314. The Hall–Kier alpha value is -2.01. The second-order valence-electron chi connectivity index (χ2n) is 1.69. The molecular weight excluding hydrogens is 142 g/mol. The SMILES string of the molecule is C/N=C1\C(=NC#N)\C1=N\C#N. The first-order valence-electron chi connectivity index (χ1n) is 2.76. The molecule has 11 heavy (non-hydrogen) atoms. The van der Waals surface area contributed by atoms with E-state index in [0.717, 1.165) is 0 Å². The van der Waals surface area contributed by atoms with Crippen molar-refractivity contribution in [1.29, 1.82) is 10.5 Å². The Morgan fingerprint density at radius 2 is 1.45 bits per heavy atom. The van der Waals surface area contributed by atoms with Gasteiger partial charge in [-0.15, -0.1) is 0 Å². The van der Waals surface area contributed by atoms with Crippen LogP contribution < -0.4 is 0 Å². The van der Waals surface area contributed by atoms with Crippen molar-refractivity contribution in [1.82, 2.24) is 0 Å². The van der Waals surface area contributed by atoms with Crippen LogP contribution in [0.5, 0.6) is 0 Å². The summed E-state index contributed by atoms with van der Waals surface area (Å²) in [4.78, 5) is 10.5. The van der Waals surface area contributed by atoms with Gasteiger partial charge in [0.2, 0.25) is 12.4 Å². The van der Waals surface area contributed by atoms with E-state index in [1.807, 2.05) is 0 Å². The van der Waals surface area contributed by atoms with E-state index in [4.69, 9.17) is 10.5 Å². The van der Waals surface area contributed by atoms with Crippen molar-refractivity contribution in [3.63, 3.8) is 0 Å². The minimum Gasteiger partial charge on any atom is -0.284 e. The van der Waals surface area contributed by atoms with Gasteiger partial charge in [0.25, 0.3) is 0 Å². The van der Waals surface area contributed by atoms with Crippen LogP contribution in [-0.4, -0.2) is 24.2 Å². The van der Waals surface area contributed by atoms with Crippen molar-refractivity contribution < 1.29 is 0 Å². The predicted molar refractivity (Wildman–Crippen MR) is 39.5 cm³/mol. The van der Waals surface area contributed by atoms with E-state index in [2.05, 4.69) is 15.0 Å². The van der Waals surface area contributed by atoms with Gasteiger partial charge in [-0.1, -0.05) is 0 Å². The van der Waals surface area contributed by atoms with E-state index in [1.165, 1.54) is 0 Å². The first-order chi connectivity index (χ1) is 5.35. The highest BCUT2D eigenvalue weighted by molar-refractivity contribution is 7.12. The molecule has 0 aromatic carbocycles. The van der Waals surface area contributed by atoms with Gasteiger partial charge >= 0.3 is 0 Å². The molecule has 0 atom stereocenters. The first-order valence-corrected chi connectivity index (χ1v) is 2.76. The van der Waals surface area contributed by atoms with Gasteiger partial charge in [0, 0.05) is 7.05 Å². The van der Waals surface area contributed by atoms with Crippen LogP contribution in [0.3, 0.4) is 0 Å². The Balaban J connectivity index is 2.98. The van der Waals surface area contributed by atoms with Crippen LogP contribution in [0.25, 0.3) is 0 Å². The number of hydrogen-bond acceptors (Lipinski definition) is 5.